The van der Waals surface area contributed by atoms with Crippen LogP contribution < -0.4 is 10.2 Å². The molecule has 3 nitrogen and oxygen atoms in total. The van der Waals surface area contributed by atoms with Crippen molar-refractivity contribution in [2.45, 2.75) is 32.7 Å². The smallest absolute Gasteiger partial charge is 0.128 e. The van der Waals surface area contributed by atoms with Crippen molar-refractivity contribution in [3.05, 3.63) is 23.4 Å². The fourth-order valence-electron chi connectivity index (χ4n) is 2.44. The van der Waals surface area contributed by atoms with E-state index in [4.69, 9.17) is 11.6 Å². The van der Waals surface area contributed by atoms with Gasteiger partial charge in [-0.1, -0.05) is 25.4 Å². The number of anilines is 1. The molecule has 2 rings (SSSR count). The molecule has 1 saturated heterocycles. The third-order valence-electron chi connectivity index (χ3n) is 3.22. The van der Waals surface area contributed by atoms with E-state index < -0.39 is 0 Å². The van der Waals surface area contributed by atoms with Crippen LogP contribution in [0.15, 0.2) is 18.3 Å². The molecule has 0 bridgehead atoms. The number of pyridine rings is 1. The van der Waals surface area contributed by atoms with Crippen molar-refractivity contribution in [2.75, 3.05) is 24.5 Å². The predicted molar refractivity (Wildman–Crippen MR) is 77.3 cm³/mol. The number of nitrogens with zero attached hydrogens (tertiary/aromatic N) is 2. The molecule has 0 aliphatic carbocycles. The molecule has 100 valence electrons. The Balaban J connectivity index is 2.05. The summed E-state index contributed by atoms with van der Waals surface area (Å²) in [7, 11) is 0. The zero-order valence-corrected chi connectivity index (χ0v) is 12.0. The molecule has 1 aromatic rings. The topological polar surface area (TPSA) is 28.2 Å². The molecule has 2 heterocycles. The minimum absolute atomic E-state index is 0.598. The Hall–Kier alpha value is -0.800. The summed E-state index contributed by atoms with van der Waals surface area (Å²) >= 11 is 5.90. The second-order valence-electron chi connectivity index (χ2n) is 5.43. The maximum Gasteiger partial charge on any atom is 0.128 e. The quantitative estimate of drug-likeness (QED) is 0.889. The van der Waals surface area contributed by atoms with Gasteiger partial charge in [-0.15, -0.1) is 0 Å². The van der Waals surface area contributed by atoms with E-state index in [1.807, 2.05) is 12.1 Å². The van der Waals surface area contributed by atoms with Gasteiger partial charge in [0.15, 0.2) is 0 Å². The first-order valence-corrected chi connectivity index (χ1v) is 7.13. The fraction of sp³-hybridized carbons (Fsp3) is 0.643. The van der Waals surface area contributed by atoms with E-state index in [0.29, 0.717) is 17.0 Å². The van der Waals surface area contributed by atoms with Gasteiger partial charge in [-0.3, -0.25) is 0 Å². The van der Waals surface area contributed by atoms with Crippen LogP contribution in [0, 0.1) is 5.92 Å². The molecule has 1 unspecified atom stereocenters. The van der Waals surface area contributed by atoms with Gasteiger partial charge >= 0.3 is 0 Å². The monoisotopic (exact) mass is 267 g/mol. The largest absolute Gasteiger partial charge is 0.355 e. The molecule has 1 aromatic heterocycles. The number of rotatable bonds is 5. The molecular weight excluding hydrogens is 246 g/mol. The molecule has 0 radical (unpaired) electrons. The van der Waals surface area contributed by atoms with Crippen molar-refractivity contribution in [1.82, 2.24) is 10.3 Å². The van der Waals surface area contributed by atoms with Crippen LogP contribution in [0.25, 0.3) is 0 Å². The molecule has 0 aromatic carbocycles. The van der Waals surface area contributed by atoms with E-state index in [9.17, 15) is 0 Å². The Morgan fingerprint density at radius 1 is 1.50 bits per heavy atom. The predicted octanol–water partition coefficient (Wildman–Crippen LogP) is 2.95. The molecule has 1 aliphatic heterocycles. The third-order valence-corrected chi connectivity index (χ3v) is 3.45. The number of hydrogen-bond acceptors (Lipinski definition) is 3. The van der Waals surface area contributed by atoms with E-state index in [-0.39, 0.29) is 0 Å². The summed E-state index contributed by atoms with van der Waals surface area (Å²) in [6.45, 7) is 7.70. The minimum atomic E-state index is 0.598. The summed E-state index contributed by atoms with van der Waals surface area (Å²) in [6, 6.07) is 4.53. The zero-order chi connectivity index (χ0) is 13.0. The van der Waals surface area contributed by atoms with Crippen LogP contribution in [0.4, 0.5) is 5.82 Å². The van der Waals surface area contributed by atoms with E-state index in [1.54, 1.807) is 6.20 Å². The fourth-order valence-corrected chi connectivity index (χ4v) is 2.55. The Morgan fingerprint density at radius 2 is 2.33 bits per heavy atom. The van der Waals surface area contributed by atoms with E-state index in [2.05, 4.69) is 29.0 Å². The summed E-state index contributed by atoms with van der Waals surface area (Å²) in [4.78, 5) is 6.80. The van der Waals surface area contributed by atoms with Gasteiger partial charge in [-0.05, 0) is 37.4 Å². The summed E-state index contributed by atoms with van der Waals surface area (Å²) in [5, 5.41) is 4.24. The lowest BCUT2D eigenvalue weighted by atomic mass is 10.1. The number of nitrogens with one attached hydrogen (secondary N) is 1. The van der Waals surface area contributed by atoms with Gasteiger partial charge in [0.05, 0.1) is 5.02 Å². The molecule has 1 aliphatic rings. The standard InChI is InChI=1S/C14H22ClN3/c1-11(2)9-18(10-13-4-3-7-16-13)14-6-5-12(15)8-17-14/h5-6,8,11,13,16H,3-4,7,9-10H2,1-2H3. The van der Waals surface area contributed by atoms with Gasteiger partial charge in [-0.25, -0.2) is 4.98 Å². The van der Waals surface area contributed by atoms with Gasteiger partial charge in [0.25, 0.3) is 0 Å². The molecule has 1 N–H and O–H groups in total. The zero-order valence-electron chi connectivity index (χ0n) is 11.2. The molecule has 0 spiro atoms. The van der Waals surface area contributed by atoms with Crippen LogP contribution in [0.3, 0.4) is 0 Å². The first kappa shape index (κ1) is 13.6. The number of aromatic nitrogens is 1. The highest BCUT2D eigenvalue weighted by Crippen LogP contribution is 2.18. The maximum atomic E-state index is 5.90. The minimum Gasteiger partial charge on any atom is -0.355 e. The van der Waals surface area contributed by atoms with Gasteiger partial charge in [0, 0.05) is 25.3 Å². The molecule has 1 atom stereocenters. The average molecular weight is 268 g/mol. The summed E-state index contributed by atoms with van der Waals surface area (Å²) in [5.41, 5.74) is 0. The third kappa shape index (κ3) is 3.85. The lowest BCUT2D eigenvalue weighted by Gasteiger charge is -2.28. The van der Waals surface area contributed by atoms with E-state index in [1.165, 1.54) is 12.8 Å². The molecule has 18 heavy (non-hydrogen) atoms. The van der Waals surface area contributed by atoms with Crippen molar-refractivity contribution in [2.24, 2.45) is 5.92 Å². The van der Waals surface area contributed by atoms with Crippen LogP contribution in [-0.4, -0.2) is 30.7 Å². The summed E-state index contributed by atoms with van der Waals surface area (Å²) < 4.78 is 0. The average Bonchev–Trinajstić information content (AvgIpc) is 2.81. The highest BCUT2D eigenvalue weighted by Gasteiger charge is 2.19. The van der Waals surface area contributed by atoms with Crippen LogP contribution in [-0.2, 0) is 0 Å². The lowest BCUT2D eigenvalue weighted by molar-refractivity contribution is 0.537. The van der Waals surface area contributed by atoms with E-state index >= 15 is 0 Å². The van der Waals surface area contributed by atoms with Gasteiger partial charge < -0.3 is 10.2 Å². The SMILES string of the molecule is CC(C)CN(CC1CCCN1)c1ccc(Cl)cn1. The Morgan fingerprint density at radius 3 is 2.89 bits per heavy atom. The van der Waals surface area contributed by atoms with Gasteiger partial charge in [-0.2, -0.15) is 0 Å². The van der Waals surface area contributed by atoms with Gasteiger partial charge in [0.2, 0.25) is 0 Å². The highest BCUT2D eigenvalue weighted by atomic mass is 35.5. The maximum absolute atomic E-state index is 5.90. The van der Waals surface area contributed by atoms with Crippen molar-refractivity contribution in [1.29, 1.82) is 0 Å². The Bertz CT molecular complexity index is 358. The van der Waals surface area contributed by atoms with Crippen molar-refractivity contribution in [3.8, 4) is 0 Å². The molecule has 0 saturated carbocycles. The number of hydrogen-bond donors (Lipinski definition) is 1. The van der Waals surface area contributed by atoms with Crippen LogP contribution >= 0.6 is 11.6 Å². The van der Waals surface area contributed by atoms with Crippen molar-refractivity contribution < 1.29 is 0 Å². The lowest BCUT2D eigenvalue weighted by Crippen LogP contribution is -2.39. The second kappa shape index (κ2) is 6.39. The van der Waals surface area contributed by atoms with E-state index in [0.717, 1.165) is 25.5 Å². The Labute approximate surface area is 115 Å². The van der Waals surface area contributed by atoms with Crippen LogP contribution in [0.2, 0.25) is 5.02 Å². The molecular formula is C14H22ClN3. The number of halogens is 1. The second-order valence-corrected chi connectivity index (χ2v) is 5.86. The first-order valence-electron chi connectivity index (χ1n) is 6.75. The van der Waals surface area contributed by atoms with Crippen LogP contribution in [0.1, 0.15) is 26.7 Å². The summed E-state index contributed by atoms with van der Waals surface area (Å²) in [5.74, 6) is 1.66. The highest BCUT2D eigenvalue weighted by molar-refractivity contribution is 6.30. The molecule has 1 fully saturated rings. The van der Waals surface area contributed by atoms with Crippen LogP contribution in [0.5, 0.6) is 0 Å². The first-order chi connectivity index (χ1) is 8.65. The van der Waals surface area contributed by atoms with Crippen molar-refractivity contribution in [3.63, 3.8) is 0 Å². The molecule has 4 heteroatoms. The normalized spacial score (nSPS) is 19.4. The van der Waals surface area contributed by atoms with Crippen molar-refractivity contribution >= 4 is 17.4 Å². The summed E-state index contributed by atoms with van der Waals surface area (Å²) in [6.07, 6.45) is 4.28. The van der Waals surface area contributed by atoms with Gasteiger partial charge in [0.1, 0.15) is 5.82 Å². The molecule has 0 amide bonds. The Kier molecular flexibility index (Phi) is 4.84.